The van der Waals surface area contributed by atoms with Crippen molar-refractivity contribution in [3.8, 4) is 0 Å². The van der Waals surface area contributed by atoms with Gasteiger partial charge >= 0.3 is 0 Å². The Balaban J connectivity index is 3.36. The Kier molecular flexibility index (Phi) is 6.22. The van der Waals surface area contributed by atoms with Crippen molar-refractivity contribution in [2.45, 2.75) is 0 Å². The van der Waals surface area contributed by atoms with Crippen LogP contribution in [0.4, 0.5) is 11.4 Å². The maximum atomic E-state index is 4.75. The molecule has 0 aromatic heterocycles. The van der Waals surface area contributed by atoms with Crippen molar-refractivity contribution in [1.29, 1.82) is 0 Å². The molecule has 0 spiro atoms. The molecule has 0 aliphatic rings. The monoisotopic (exact) mass is 304 g/mol. The molecule has 122 valence electrons. The average molecular weight is 304 g/mol. The largest absolute Gasteiger partial charge is 0.349 e. The number of benzene rings is 1. The molecule has 0 bridgehead atoms. The number of rotatable bonds is 2. The number of hydrogen-bond acceptors (Lipinski definition) is 2. The summed E-state index contributed by atoms with van der Waals surface area (Å²) in [5, 5.41) is 0. The van der Waals surface area contributed by atoms with E-state index in [2.05, 4.69) is 0 Å². The molecule has 0 heterocycles. The lowest BCUT2D eigenvalue weighted by Crippen LogP contribution is -2.35. The molecule has 0 aliphatic heterocycles. The van der Waals surface area contributed by atoms with Crippen LogP contribution in [0.25, 0.3) is 0 Å². The zero-order chi connectivity index (χ0) is 16.9. The van der Waals surface area contributed by atoms with Gasteiger partial charge in [0.05, 0.1) is 11.4 Å². The zero-order valence-electron chi connectivity index (χ0n) is 15.0. The summed E-state index contributed by atoms with van der Waals surface area (Å²) in [5.74, 6) is 1.75. The molecule has 0 atom stereocenters. The molecular formula is C16H28N6. The van der Waals surface area contributed by atoms with E-state index in [1.54, 1.807) is 0 Å². The summed E-state index contributed by atoms with van der Waals surface area (Å²) in [6.45, 7) is 0. The van der Waals surface area contributed by atoms with Crippen LogP contribution in [0.2, 0.25) is 0 Å². The predicted octanol–water partition coefficient (Wildman–Crippen LogP) is 1.91. The lowest BCUT2D eigenvalue weighted by atomic mass is 10.3. The fourth-order valence-electron chi connectivity index (χ4n) is 2.07. The van der Waals surface area contributed by atoms with Crippen molar-refractivity contribution in [2.75, 3.05) is 56.4 Å². The van der Waals surface area contributed by atoms with Crippen molar-refractivity contribution < 1.29 is 0 Å². The molecule has 1 aromatic carbocycles. The lowest BCUT2D eigenvalue weighted by molar-refractivity contribution is 0.483. The van der Waals surface area contributed by atoms with E-state index in [0.29, 0.717) is 0 Å². The normalized spacial score (nSPS) is 9.82. The minimum Gasteiger partial charge on any atom is -0.349 e. The second kappa shape index (κ2) is 7.68. The average Bonchev–Trinajstić information content (AvgIpc) is 2.41. The van der Waals surface area contributed by atoms with Crippen molar-refractivity contribution >= 4 is 23.3 Å². The summed E-state index contributed by atoms with van der Waals surface area (Å²) in [5.41, 5.74) is 1.70. The van der Waals surface area contributed by atoms with Gasteiger partial charge in [-0.25, -0.2) is 9.98 Å². The lowest BCUT2D eigenvalue weighted by Gasteiger charge is -2.24. The fraction of sp³-hybridized carbons (Fsp3) is 0.500. The van der Waals surface area contributed by atoms with Gasteiger partial charge in [-0.1, -0.05) is 12.1 Å². The van der Waals surface area contributed by atoms with E-state index in [0.717, 1.165) is 23.3 Å². The van der Waals surface area contributed by atoms with Gasteiger partial charge in [0.25, 0.3) is 0 Å². The number of hydrogen-bond donors (Lipinski definition) is 0. The summed E-state index contributed by atoms with van der Waals surface area (Å²) >= 11 is 0. The first kappa shape index (κ1) is 17.8. The number of aliphatic imine (C=N–C) groups is 2. The first-order valence-corrected chi connectivity index (χ1v) is 7.19. The fourth-order valence-corrected chi connectivity index (χ4v) is 2.07. The van der Waals surface area contributed by atoms with Gasteiger partial charge < -0.3 is 19.6 Å². The molecule has 6 nitrogen and oxygen atoms in total. The highest BCUT2D eigenvalue weighted by Gasteiger charge is 2.10. The summed E-state index contributed by atoms with van der Waals surface area (Å²) < 4.78 is 0. The molecule has 1 rings (SSSR count). The third-order valence-corrected chi connectivity index (χ3v) is 2.92. The summed E-state index contributed by atoms with van der Waals surface area (Å²) in [6, 6.07) is 7.92. The molecule has 0 radical (unpaired) electrons. The molecule has 0 unspecified atom stereocenters. The highest BCUT2D eigenvalue weighted by Crippen LogP contribution is 2.28. The topological polar surface area (TPSA) is 37.7 Å². The molecule has 0 aliphatic carbocycles. The van der Waals surface area contributed by atoms with Crippen LogP contribution in [-0.2, 0) is 0 Å². The number of guanidine groups is 2. The Hall–Kier alpha value is -2.24. The molecule has 22 heavy (non-hydrogen) atoms. The highest BCUT2D eigenvalue weighted by molar-refractivity contribution is 5.87. The van der Waals surface area contributed by atoms with Crippen LogP contribution in [0, 0.1) is 0 Å². The van der Waals surface area contributed by atoms with Gasteiger partial charge in [-0.2, -0.15) is 0 Å². The molecular weight excluding hydrogens is 276 g/mol. The van der Waals surface area contributed by atoms with Gasteiger partial charge in [0.15, 0.2) is 0 Å². The quantitative estimate of drug-likeness (QED) is 0.618. The van der Waals surface area contributed by atoms with E-state index >= 15 is 0 Å². The summed E-state index contributed by atoms with van der Waals surface area (Å²) in [6.07, 6.45) is 0. The van der Waals surface area contributed by atoms with E-state index < -0.39 is 0 Å². The third kappa shape index (κ3) is 4.65. The maximum absolute atomic E-state index is 4.75. The van der Waals surface area contributed by atoms with E-state index in [1.807, 2.05) is 100 Å². The van der Waals surface area contributed by atoms with Crippen molar-refractivity contribution in [2.24, 2.45) is 9.98 Å². The summed E-state index contributed by atoms with van der Waals surface area (Å²) in [4.78, 5) is 17.4. The molecule has 0 fully saturated rings. The van der Waals surface area contributed by atoms with Gasteiger partial charge in [0, 0.05) is 56.4 Å². The summed E-state index contributed by atoms with van der Waals surface area (Å²) in [7, 11) is 15.9. The van der Waals surface area contributed by atoms with E-state index in [-0.39, 0.29) is 0 Å². The van der Waals surface area contributed by atoms with Crippen molar-refractivity contribution in [3.05, 3.63) is 24.3 Å². The molecule has 0 saturated heterocycles. The SMILES string of the molecule is CN(C)C(=Nc1ccccc1N=C(N(C)C)N(C)C)N(C)C. The maximum Gasteiger partial charge on any atom is 0.200 e. The second-order valence-corrected chi connectivity index (χ2v) is 5.89. The molecule has 0 amide bonds. The van der Waals surface area contributed by atoms with Crippen molar-refractivity contribution in [1.82, 2.24) is 19.6 Å². The predicted molar refractivity (Wildman–Crippen MR) is 95.4 cm³/mol. The Morgan fingerprint density at radius 2 is 0.864 bits per heavy atom. The Labute approximate surface area is 134 Å². The van der Waals surface area contributed by atoms with Gasteiger partial charge in [0.2, 0.25) is 11.9 Å². The minimum absolute atomic E-state index is 0.848. The molecule has 6 heteroatoms. The van der Waals surface area contributed by atoms with Gasteiger partial charge in [0.1, 0.15) is 0 Å². The first-order valence-electron chi connectivity index (χ1n) is 7.19. The Bertz CT molecular complexity index is 474. The van der Waals surface area contributed by atoms with Crippen LogP contribution in [0.15, 0.2) is 34.3 Å². The smallest absolute Gasteiger partial charge is 0.200 e. The third-order valence-electron chi connectivity index (χ3n) is 2.92. The van der Waals surface area contributed by atoms with Crippen LogP contribution in [-0.4, -0.2) is 87.9 Å². The van der Waals surface area contributed by atoms with Gasteiger partial charge in [-0.05, 0) is 12.1 Å². The van der Waals surface area contributed by atoms with Crippen LogP contribution in [0.5, 0.6) is 0 Å². The van der Waals surface area contributed by atoms with Gasteiger partial charge in [-0.15, -0.1) is 0 Å². The number of nitrogens with zero attached hydrogens (tertiary/aromatic N) is 6. The van der Waals surface area contributed by atoms with Crippen LogP contribution >= 0.6 is 0 Å². The molecule has 0 saturated carbocycles. The van der Waals surface area contributed by atoms with Crippen LogP contribution < -0.4 is 0 Å². The van der Waals surface area contributed by atoms with Crippen LogP contribution in [0.1, 0.15) is 0 Å². The molecule has 1 aromatic rings. The van der Waals surface area contributed by atoms with Gasteiger partial charge in [-0.3, -0.25) is 0 Å². The van der Waals surface area contributed by atoms with Crippen molar-refractivity contribution in [3.63, 3.8) is 0 Å². The van der Waals surface area contributed by atoms with E-state index in [1.165, 1.54) is 0 Å². The molecule has 0 N–H and O–H groups in total. The Morgan fingerprint density at radius 1 is 0.591 bits per heavy atom. The second-order valence-electron chi connectivity index (χ2n) is 5.89. The van der Waals surface area contributed by atoms with Crippen LogP contribution in [0.3, 0.4) is 0 Å². The Morgan fingerprint density at radius 3 is 1.09 bits per heavy atom. The van der Waals surface area contributed by atoms with E-state index in [9.17, 15) is 0 Å². The highest BCUT2D eigenvalue weighted by atomic mass is 15.3. The first-order chi connectivity index (χ1) is 10.2. The standard InChI is InChI=1S/C16H28N6/c1-19(2)15(20(3)4)17-13-11-9-10-12-14(13)18-16(21(5)6)22(7)8/h9-12H,1-8H3. The zero-order valence-corrected chi connectivity index (χ0v) is 15.0. The number of para-hydroxylation sites is 2. The minimum atomic E-state index is 0.848. The van der Waals surface area contributed by atoms with E-state index in [4.69, 9.17) is 9.98 Å².